The highest BCUT2D eigenvalue weighted by Crippen LogP contribution is 2.39. The minimum absolute atomic E-state index is 0.117. The van der Waals surface area contributed by atoms with Crippen LogP contribution in [0.3, 0.4) is 0 Å². The lowest BCUT2D eigenvalue weighted by atomic mass is 9.85. The number of primary amides is 1. The van der Waals surface area contributed by atoms with E-state index in [9.17, 15) is 28.4 Å². The van der Waals surface area contributed by atoms with Gasteiger partial charge in [-0.25, -0.2) is 9.07 Å². The smallest absolute Gasteiger partial charge is 0.302 e. The van der Waals surface area contributed by atoms with Crippen LogP contribution in [0.2, 0.25) is 0 Å². The van der Waals surface area contributed by atoms with Gasteiger partial charge in [-0.1, -0.05) is 17.3 Å². The maximum Gasteiger partial charge on any atom is 0.302 e. The number of halogens is 1. The third kappa shape index (κ3) is 5.45. The van der Waals surface area contributed by atoms with Gasteiger partial charge in [0.25, 0.3) is 11.8 Å². The maximum absolute atomic E-state index is 13.5. The zero-order chi connectivity index (χ0) is 28.5. The summed E-state index contributed by atoms with van der Waals surface area (Å²) in [6, 6.07) is 4.65. The summed E-state index contributed by atoms with van der Waals surface area (Å²) in [6.45, 7) is 4.70. The molecular weight excluding hydrogens is 513 g/mol. The fourth-order valence-corrected chi connectivity index (χ4v) is 5.09. The Labute approximate surface area is 223 Å². The molecule has 4 amide bonds. The summed E-state index contributed by atoms with van der Waals surface area (Å²) in [7, 11) is 0. The van der Waals surface area contributed by atoms with Crippen molar-refractivity contribution >= 4 is 29.6 Å². The number of benzene rings is 1. The molecule has 0 aliphatic carbocycles. The summed E-state index contributed by atoms with van der Waals surface area (Å²) >= 11 is 0. The number of nitrogens with two attached hydrogens (primary N) is 1. The predicted molar refractivity (Wildman–Crippen MR) is 132 cm³/mol. The van der Waals surface area contributed by atoms with Gasteiger partial charge in [-0.05, 0) is 44.4 Å². The molecule has 3 atom stereocenters. The Hall–Kier alpha value is -4.36. The normalized spacial score (nSPS) is 19.9. The van der Waals surface area contributed by atoms with Gasteiger partial charge in [0.1, 0.15) is 23.5 Å². The third-order valence-electron chi connectivity index (χ3n) is 7.08. The average Bonchev–Trinajstić information content (AvgIpc) is 3.48. The molecule has 2 fully saturated rings. The molecule has 2 aliphatic rings. The number of hydrogen-bond acceptors (Lipinski definition) is 8. The lowest BCUT2D eigenvalue weighted by molar-refractivity contribution is -0.161. The SMILES string of the molecule is CC(=O)OC(C)C(NC(=O)CN1CC2(CCCN2C(=O)c2nnn(Cc3ccc(F)cc3)c2C)C1=O)C(N)=O. The highest BCUT2D eigenvalue weighted by Gasteiger charge is 2.60. The lowest BCUT2D eigenvalue weighted by Gasteiger charge is -2.50. The molecule has 3 N–H and O–H groups in total. The van der Waals surface area contributed by atoms with Crippen molar-refractivity contribution < 1.29 is 33.1 Å². The zero-order valence-electron chi connectivity index (χ0n) is 21.8. The number of nitrogens with zero attached hydrogens (tertiary/aromatic N) is 5. The van der Waals surface area contributed by atoms with Gasteiger partial charge >= 0.3 is 5.97 Å². The Kier molecular flexibility index (Phi) is 7.65. The first kappa shape index (κ1) is 27.7. The summed E-state index contributed by atoms with van der Waals surface area (Å²) < 4.78 is 19.7. The second kappa shape index (κ2) is 10.8. The molecule has 2 saturated heterocycles. The molecule has 39 heavy (non-hydrogen) atoms. The molecule has 13 nitrogen and oxygen atoms in total. The van der Waals surface area contributed by atoms with Gasteiger partial charge in [0.05, 0.1) is 25.3 Å². The summed E-state index contributed by atoms with van der Waals surface area (Å²) in [5.41, 5.74) is 5.66. The van der Waals surface area contributed by atoms with Crippen molar-refractivity contribution in [1.29, 1.82) is 0 Å². The molecule has 1 aromatic carbocycles. The molecule has 4 rings (SSSR count). The van der Waals surface area contributed by atoms with Crippen LogP contribution in [0.15, 0.2) is 24.3 Å². The number of amides is 4. The fraction of sp³-hybridized carbons (Fsp3) is 0.480. The largest absolute Gasteiger partial charge is 0.460 e. The number of nitrogens with one attached hydrogen (secondary N) is 1. The van der Waals surface area contributed by atoms with Gasteiger partial charge in [0.2, 0.25) is 11.8 Å². The second-order valence-corrected chi connectivity index (χ2v) is 9.82. The van der Waals surface area contributed by atoms with Crippen molar-refractivity contribution in [3.8, 4) is 0 Å². The van der Waals surface area contributed by atoms with E-state index in [1.807, 2.05) is 0 Å². The van der Waals surface area contributed by atoms with Gasteiger partial charge in [-0.2, -0.15) is 0 Å². The van der Waals surface area contributed by atoms with Crippen LogP contribution in [-0.2, 0) is 30.5 Å². The Morgan fingerprint density at radius 1 is 1.23 bits per heavy atom. The number of likely N-dealkylation sites (tertiary alicyclic amines) is 2. The monoisotopic (exact) mass is 543 g/mol. The van der Waals surface area contributed by atoms with E-state index < -0.39 is 41.4 Å². The van der Waals surface area contributed by atoms with E-state index in [1.54, 1.807) is 19.1 Å². The van der Waals surface area contributed by atoms with Gasteiger partial charge < -0.3 is 25.6 Å². The Bertz CT molecular complexity index is 1310. The summed E-state index contributed by atoms with van der Waals surface area (Å²) in [5, 5.41) is 10.5. The van der Waals surface area contributed by atoms with Crippen molar-refractivity contribution in [2.75, 3.05) is 19.6 Å². The highest BCUT2D eigenvalue weighted by molar-refractivity contribution is 6.03. The Morgan fingerprint density at radius 3 is 2.54 bits per heavy atom. The molecule has 1 aromatic heterocycles. The molecule has 2 aromatic rings. The molecular formula is C25H30FN7O6. The number of aromatic nitrogens is 3. The van der Waals surface area contributed by atoms with Gasteiger partial charge in [0, 0.05) is 13.5 Å². The van der Waals surface area contributed by atoms with Crippen molar-refractivity contribution in [2.24, 2.45) is 5.73 Å². The van der Waals surface area contributed by atoms with E-state index in [2.05, 4.69) is 15.6 Å². The van der Waals surface area contributed by atoms with Crippen LogP contribution in [0.25, 0.3) is 0 Å². The summed E-state index contributed by atoms with van der Waals surface area (Å²) in [5.74, 6) is -3.36. The van der Waals surface area contributed by atoms with Crippen molar-refractivity contribution in [3.63, 3.8) is 0 Å². The minimum Gasteiger partial charge on any atom is -0.460 e. The van der Waals surface area contributed by atoms with E-state index in [1.165, 1.54) is 33.5 Å². The van der Waals surface area contributed by atoms with E-state index in [0.29, 0.717) is 31.6 Å². The average molecular weight is 544 g/mol. The number of carbonyl (C=O) groups excluding carboxylic acids is 5. The van der Waals surface area contributed by atoms with Crippen LogP contribution in [0, 0.1) is 12.7 Å². The minimum atomic E-state index is -1.27. The van der Waals surface area contributed by atoms with Crippen LogP contribution < -0.4 is 11.1 Å². The number of β-lactam (4-membered cyclic amide) rings is 1. The van der Waals surface area contributed by atoms with Crippen LogP contribution in [-0.4, -0.2) is 91.7 Å². The summed E-state index contributed by atoms with van der Waals surface area (Å²) in [6.07, 6.45) is 0.0422. The topological polar surface area (TPSA) is 170 Å². The number of carbonyl (C=O) groups is 5. The van der Waals surface area contributed by atoms with Crippen LogP contribution in [0.5, 0.6) is 0 Å². The first-order valence-electron chi connectivity index (χ1n) is 12.4. The molecule has 2 aliphatic heterocycles. The molecule has 14 heteroatoms. The van der Waals surface area contributed by atoms with Crippen molar-refractivity contribution in [1.82, 2.24) is 30.1 Å². The van der Waals surface area contributed by atoms with Crippen LogP contribution in [0.4, 0.5) is 4.39 Å². The quantitative estimate of drug-likeness (QED) is 0.315. The first-order valence-corrected chi connectivity index (χ1v) is 12.4. The van der Waals surface area contributed by atoms with Gasteiger partial charge in [-0.3, -0.25) is 24.0 Å². The Morgan fingerprint density at radius 2 is 1.92 bits per heavy atom. The highest BCUT2D eigenvalue weighted by atomic mass is 19.1. The van der Waals surface area contributed by atoms with Crippen molar-refractivity contribution in [3.05, 3.63) is 47.0 Å². The molecule has 208 valence electrons. The fourth-order valence-electron chi connectivity index (χ4n) is 5.09. The van der Waals surface area contributed by atoms with Crippen LogP contribution in [0.1, 0.15) is 48.4 Å². The van der Waals surface area contributed by atoms with E-state index >= 15 is 0 Å². The van der Waals surface area contributed by atoms with Crippen molar-refractivity contribution in [2.45, 2.75) is 57.8 Å². The lowest BCUT2D eigenvalue weighted by Crippen LogP contribution is -2.74. The van der Waals surface area contributed by atoms with E-state index in [4.69, 9.17) is 10.5 Å². The number of rotatable bonds is 9. The zero-order valence-corrected chi connectivity index (χ0v) is 21.8. The number of esters is 1. The molecule has 3 unspecified atom stereocenters. The summed E-state index contributed by atoms with van der Waals surface area (Å²) in [4.78, 5) is 65.0. The maximum atomic E-state index is 13.5. The molecule has 3 heterocycles. The standard InChI is InChI=1S/C25H30FN7O6/c1-14-20(29-30-33(14)11-17-5-7-18(26)8-6-17)23(37)32-10-4-9-25(32)13-31(24(25)38)12-19(35)28-21(22(27)36)15(2)39-16(3)34/h5-8,15,21H,4,9-13H2,1-3H3,(H2,27,36)(H,28,35). The van der Waals surface area contributed by atoms with Crippen LogP contribution >= 0.6 is 0 Å². The van der Waals surface area contributed by atoms with Gasteiger partial charge in [-0.15, -0.1) is 5.10 Å². The molecule has 0 saturated carbocycles. The first-order chi connectivity index (χ1) is 18.4. The number of hydrogen-bond donors (Lipinski definition) is 2. The second-order valence-electron chi connectivity index (χ2n) is 9.82. The number of ether oxygens (including phenoxy) is 1. The van der Waals surface area contributed by atoms with Gasteiger partial charge in [0.15, 0.2) is 5.69 Å². The Balaban J connectivity index is 1.40. The molecule has 0 bridgehead atoms. The van der Waals surface area contributed by atoms with E-state index in [0.717, 1.165) is 12.5 Å². The predicted octanol–water partition coefficient (Wildman–Crippen LogP) is -0.487. The molecule has 0 radical (unpaired) electrons. The molecule has 1 spiro atoms. The van der Waals surface area contributed by atoms with E-state index in [-0.39, 0.29) is 30.5 Å². The third-order valence-corrected chi connectivity index (χ3v) is 7.08.